The zero-order valence-corrected chi connectivity index (χ0v) is 30.3. The first-order chi connectivity index (χ1) is 27.7. The van der Waals surface area contributed by atoms with Gasteiger partial charge in [-0.15, -0.1) is 0 Å². The first-order valence-corrected chi connectivity index (χ1v) is 18.6. The van der Waals surface area contributed by atoms with Gasteiger partial charge in [0.25, 0.3) is 0 Å². The molecule has 0 aliphatic heterocycles. The number of nitriles is 2. The quantitative estimate of drug-likeness (QED) is 0.161. The Morgan fingerprint density at radius 2 is 0.929 bits per heavy atom. The Morgan fingerprint density at radius 1 is 0.393 bits per heavy atom. The molecule has 0 atom stereocenters. The molecule has 0 bridgehead atoms. The highest BCUT2D eigenvalue weighted by Gasteiger charge is 2.24. The summed E-state index contributed by atoms with van der Waals surface area (Å²) in [4.78, 5) is 2.38. The number of aromatic nitrogens is 1. The van der Waals surface area contributed by atoms with Gasteiger partial charge >= 0.3 is 0 Å². The maximum Gasteiger partial charge on any atom is 0.0991 e. The van der Waals surface area contributed by atoms with Crippen LogP contribution in [-0.2, 0) is 0 Å². The van der Waals surface area contributed by atoms with Gasteiger partial charge in [-0.05, 0) is 117 Å². The summed E-state index contributed by atoms with van der Waals surface area (Å²) in [5.74, 6) is 0. The van der Waals surface area contributed by atoms with Gasteiger partial charge in [0.2, 0.25) is 0 Å². The van der Waals surface area contributed by atoms with E-state index in [4.69, 9.17) is 0 Å². The molecule has 1 heterocycles. The van der Waals surface area contributed by atoms with Crippen molar-refractivity contribution in [2.45, 2.75) is 0 Å². The van der Waals surface area contributed by atoms with E-state index in [1.165, 1.54) is 10.8 Å². The van der Waals surface area contributed by atoms with Gasteiger partial charge < -0.3 is 9.47 Å². The van der Waals surface area contributed by atoms with Gasteiger partial charge in [-0.3, -0.25) is 0 Å². The van der Waals surface area contributed by atoms with Crippen LogP contribution < -0.4 is 4.90 Å². The number of benzene rings is 9. The molecule has 0 radical (unpaired) electrons. The smallest absolute Gasteiger partial charge is 0.0991 e. The van der Waals surface area contributed by atoms with Crippen molar-refractivity contribution in [2.75, 3.05) is 4.90 Å². The van der Waals surface area contributed by atoms with E-state index in [-0.39, 0.29) is 0 Å². The minimum atomic E-state index is 0.616. The number of fused-ring (bicyclic) bond motifs is 5. The van der Waals surface area contributed by atoms with E-state index in [9.17, 15) is 10.5 Å². The number of nitrogens with zero attached hydrogens (tertiary/aromatic N) is 4. The first-order valence-electron chi connectivity index (χ1n) is 18.6. The van der Waals surface area contributed by atoms with Crippen molar-refractivity contribution < 1.29 is 0 Å². The van der Waals surface area contributed by atoms with E-state index < -0.39 is 0 Å². The molecule has 0 saturated heterocycles. The van der Waals surface area contributed by atoms with E-state index in [2.05, 4.69) is 191 Å². The van der Waals surface area contributed by atoms with Crippen LogP contribution in [0, 0.1) is 22.7 Å². The summed E-state index contributed by atoms with van der Waals surface area (Å²) in [5, 5.41) is 26.2. The average molecular weight is 713 g/mol. The van der Waals surface area contributed by atoms with Gasteiger partial charge in [-0.1, -0.05) is 115 Å². The molecule has 0 fully saturated rings. The Kier molecular flexibility index (Phi) is 7.88. The molecule has 0 unspecified atom stereocenters. The fraction of sp³-hybridized carbons (Fsp3) is 0. The summed E-state index contributed by atoms with van der Waals surface area (Å²) in [6, 6.07) is 72.1. The monoisotopic (exact) mass is 712 g/mol. The van der Waals surface area contributed by atoms with Crippen LogP contribution in [0.2, 0.25) is 0 Å². The van der Waals surface area contributed by atoms with E-state index >= 15 is 0 Å². The Hall–Kier alpha value is -7.92. The summed E-state index contributed by atoms with van der Waals surface area (Å²) >= 11 is 0. The number of hydrogen-bond donors (Lipinski definition) is 0. The van der Waals surface area contributed by atoms with Gasteiger partial charge in [-0.25, -0.2) is 0 Å². The van der Waals surface area contributed by atoms with Crippen molar-refractivity contribution in [1.82, 2.24) is 4.57 Å². The third kappa shape index (κ3) is 5.29. The second-order valence-electron chi connectivity index (χ2n) is 13.9. The Labute approximate surface area is 324 Å². The zero-order valence-electron chi connectivity index (χ0n) is 30.3. The Balaban J connectivity index is 1.32. The van der Waals surface area contributed by atoms with Crippen LogP contribution in [0.3, 0.4) is 0 Å². The van der Waals surface area contributed by atoms with Crippen LogP contribution in [-0.4, -0.2) is 4.57 Å². The minimum absolute atomic E-state index is 0.616. The van der Waals surface area contributed by atoms with E-state index in [0.717, 1.165) is 77.6 Å². The van der Waals surface area contributed by atoms with Crippen molar-refractivity contribution in [3.05, 3.63) is 205 Å². The number of anilines is 3. The maximum absolute atomic E-state index is 9.74. The van der Waals surface area contributed by atoms with E-state index in [1.54, 1.807) is 0 Å². The molecular weight excluding hydrogens is 681 g/mol. The van der Waals surface area contributed by atoms with Crippen LogP contribution in [0.4, 0.5) is 17.1 Å². The Morgan fingerprint density at radius 3 is 1.59 bits per heavy atom. The predicted octanol–water partition coefficient (Wildman–Crippen LogP) is 13.6. The van der Waals surface area contributed by atoms with E-state index in [1.807, 2.05) is 24.3 Å². The molecule has 0 spiro atoms. The van der Waals surface area contributed by atoms with Crippen LogP contribution in [0.15, 0.2) is 194 Å². The Bertz CT molecular complexity index is 3180. The van der Waals surface area contributed by atoms with Crippen LogP contribution in [0.1, 0.15) is 11.1 Å². The van der Waals surface area contributed by atoms with Crippen molar-refractivity contribution in [1.29, 1.82) is 10.5 Å². The minimum Gasteiger partial charge on any atom is -0.310 e. The number of para-hydroxylation sites is 3. The van der Waals surface area contributed by atoms with Crippen LogP contribution in [0.25, 0.3) is 71.3 Å². The van der Waals surface area contributed by atoms with Crippen LogP contribution in [0.5, 0.6) is 0 Å². The highest BCUT2D eigenvalue weighted by molar-refractivity contribution is 6.25. The van der Waals surface area contributed by atoms with Gasteiger partial charge in [0, 0.05) is 33.2 Å². The van der Waals surface area contributed by atoms with Gasteiger partial charge in [0.15, 0.2) is 0 Å². The molecule has 0 aliphatic rings. The highest BCUT2D eigenvalue weighted by Crippen LogP contribution is 2.50. The molecule has 9 aromatic carbocycles. The molecule has 56 heavy (non-hydrogen) atoms. The summed E-state index contributed by atoms with van der Waals surface area (Å²) < 4.78 is 2.35. The van der Waals surface area contributed by atoms with Crippen molar-refractivity contribution >= 4 is 60.4 Å². The molecule has 0 amide bonds. The predicted molar refractivity (Wildman–Crippen MR) is 231 cm³/mol. The first kappa shape index (κ1) is 32.7. The van der Waals surface area contributed by atoms with E-state index in [0.29, 0.717) is 11.1 Å². The molecule has 1 aromatic heterocycles. The third-order valence-electron chi connectivity index (χ3n) is 10.8. The zero-order chi connectivity index (χ0) is 37.6. The largest absolute Gasteiger partial charge is 0.310 e. The molecule has 4 nitrogen and oxygen atoms in total. The molecule has 260 valence electrons. The highest BCUT2D eigenvalue weighted by atomic mass is 15.1. The lowest BCUT2D eigenvalue weighted by Gasteiger charge is -2.29. The lowest BCUT2D eigenvalue weighted by atomic mass is 9.84. The fourth-order valence-electron chi connectivity index (χ4n) is 8.39. The van der Waals surface area contributed by atoms with Gasteiger partial charge in [0.1, 0.15) is 0 Å². The lowest BCUT2D eigenvalue weighted by Crippen LogP contribution is -2.11. The normalized spacial score (nSPS) is 11.2. The summed E-state index contributed by atoms with van der Waals surface area (Å²) in [6.45, 7) is 0. The summed E-state index contributed by atoms with van der Waals surface area (Å²) in [5.41, 5.74) is 12.0. The molecule has 0 N–H and O–H groups in total. The summed E-state index contributed by atoms with van der Waals surface area (Å²) in [6.07, 6.45) is 0. The number of rotatable bonds is 6. The molecule has 10 rings (SSSR count). The van der Waals surface area contributed by atoms with Crippen molar-refractivity contribution in [3.8, 4) is 40.1 Å². The van der Waals surface area contributed by atoms with Gasteiger partial charge in [-0.2, -0.15) is 10.5 Å². The molecule has 10 aromatic rings. The third-order valence-corrected chi connectivity index (χ3v) is 10.8. The van der Waals surface area contributed by atoms with Crippen molar-refractivity contribution in [3.63, 3.8) is 0 Å². The lowest BCUT2D eigenvalue weighted by molar-refractivity contribution is 1.18. The topological polar surface area (TPSA) is 55.8 Å². The summed E-state index contributed by atoms with van der Waals surface area (Å²) in [7, 11) is 0. The molecule has 0 aliphatic carbocycles. The maximum atomic E-state index is 9.74. The second-order valence-corrected chi connectivity index (χ2v) is 13.9. The van der Waals surface area contributed by atoms with Crippen LogP contribution >= 0.6 is 0 Å². The standard InChI is InChI=1S/C52H32N4/c53-33-35-22-26-37(27-23-35)50-43-17-7-8-18-44(43)51(38-28-24-36(34-54)25-29-38)52-45(50)19-11-21-49(52)55(39-12-3-1-4-13-39)41-30-31-48-46(32-41)42-16-9-10-20-47(42)56(48)40-14-5-2-6-15-40/h1-32H. The fourth-order valence-corrected chi connectivity index (χ4v) is 8.39. The number of hydrogen-bond acceptors (Lipinski definition) is 3. The second kappa shape index (κ2) is 13.5. The van der Waals surface area contributed by atoms with Gasteiger partial charge in [0.05, 0.1) is 40.0 Å². The van der Waals surface area contributed by atoms with Crippen molar-refractivity contribution in [2.24, 2.45) is 0 Å². The molecule has 4 heteroatoms. The molecule has 0 saturated carbocycles. The average Bonchev–Trinajstić information content (AvgIpc) is 3.60. The SMILES string of the molecule is N#Cc1ccc(-c2c3ccccc3c(-c3ccc(C#N)cc3)c3c(N(c4ccccc4)c4ccc5c(c4)c4ccccc4n5-c4ccccc4)cccc23)cc1. The molecular formula is C52H32N4.